The summed E-state index contributed by atoms with van der Waals surface area (Å²) >= 11 is 0. The van der Waals surface area contributed by atoms with Crippen LogP contribution in [0.2, 0.25) is 0 Å². The van der Waals surface area contributed by atoms with E-state index in [1.54, 1.807) is 13.8 Å². The predicted octanol–water partition coefficient (Wildman–Crippen LogP) is 2.73. The summed E-state index contributed by atoms with van der Waals surface area (Å²) in [5, 5.41) is 17.7. The number of rotatable bonds is 14. The zero-order valence-electron chi connectivity index (χ0n) is 22.8. The van der Waals surface area contributed by atoms with Crippen molar-refractivity contribution in [1.82, 2.24) is 16.0 Å². The molecule has 226 valence electrons. The first-order valence-electron chi connectivity index (χ1n) is 13.7. The van der Waals surface area contributed by atoms with Crippen LogP contribution in [0.25, 0.3) is 0 Å². The van der Waals surface area contributed by atoms with Gasteiger partial charge >= 0.3 is 6.09 Å². The quantitative estimate of drug-likeness (QED) is 0.194. The van der Waals surface area contributed by atoms with Gasteiger partial charge in [0.1, 0.15) is 12.1 Å². The fourth-order valence-corrected chi connectivity index (χ4v) is 5.76. The monoisotopic (exact) mass is 583 g/mol. The van der Waals surface area contributed by atoms with Crippen LogP contribution in [0.5, 0.6) is 0 Å². The number of hydrogen-bond donors (Lipinski definition) is 5. The van der Waals surface area contributed by atoms with Gasteiger partial charge in [0.2, 0.25) is 23.2 Å². The highest BCUT2D eigenvalue weighted by Gasteiger charge is 2.40. The van der Waals surface area contributed by atoms with Crippen LogP contribution in [0.3, 0.4) is 0 Å². The summed E-state index contributed by atoms with van der Waals surface area (Å²) in [4.78, 5) is 38.1. The van der Waals surface area contributed by atoms with Crippen molar-refractivity contribution in [2.45, 2.75) is 115 Å². The van der Waals surface area contributed by atoms with E-state index in [9.17, 15) is 41.2 Å². The molecule has 0 radical (unpaired) electrons. The average Bonchev–Trinajstić information content (AvgIpc) is 3.23. The summed E-state index contributed by atoms with van der Waals surface area (Å²) < 4.78 is 65.7. The van der Waals surface area contributed by atoms with E-state index in [2.05, 4.69) is 16.0 Å². The molecule has 1 heterocycles. The Labute approximate surface area is 228 Å². The van der Waals surface area contributed by atoms with Crippen LogP contribution in [-0.4, -0.2) is 72.1 Å². The number of nitrogens with one attached hydrogen (secondary N) is 3. The van der Waals surface area contributed by atoms with Crippen LogP contribution in [0, 0.1) is 17.8 Å². The molecule has 1 aliphatic carbocycles. The molecule has 14 heteroatoms. The van der Waals surface area contributed by atoms with Gasteiger partial charge in [0.05, 0.1) is 6.04 Å². The van der Waals surface area contributed by atoms with Crippen molar-refractivity contribution in [3.63, 3.8) is 0 Å². The average molecular weight is 584 g/mol. The van der Waals surface area contributed by atoms with Crippen molar-refractivity contribution in [2.24, 2.45) is 17.8 Å². The van der Waals surface area contributed by atoms with Crippen molar-refractivity contribution in [3.8, 4) is 0 Å². The Balaban J connectivity index is 2.13. The second-order valence-electron chi connectivity index (χ2n) is 11.1. The lowest BCUT2D eigenvalue weighted by Gasteiger charge is -2.34. The van der Waals surface area contributed by atoms with Crippen molar-refractivity contribution in [2.75, 3.05) is 6.54 Å². The number of amides is 3. The molecule has 0 spiro atoms. The van der Waals surface area contributed by atoms with Crippen LogP contribution >= 0.6 is 0 Å². The lowest BCUT2D eigenvalue weighted by Crippen LogP contribution is -2.55. The first kappa shape index (κ1) is 33.1. The maximum absolute atomic E-state index is 13.7. The third kappa shape index (κ3) is 10.8. The molecule has 5 atom stereocenters. The molecule has 0 aromatic heterocycles. The normalized spacial score (nSPS) is 23.0. The maximum Gasteiger partial charge on any atom is 0.408 e. The highest BCUT2D eigenvalue weighted by atomic mass is 32.2. The van der Waals surface area contributed by atoms with Gasteiger partial charge in [0, 0.05) is 25.3 Å². The Morgan fingerprint density at radius 1 is 1.18 bits per heavy atom. The molecule has 11 nitrogen and oxygen atoms in total. The third-order valence-electron chi connectivity index (χ3n) is 7.38. The molecule has 3 amide bonds. The molecule has 1 aliphatic heterocycles. The van der Waals surface area contributed by atoms with E-state index in [1.807, 2.05) is 6.92 Å². The smallest absolute Gasteiger partial charge is 0.408 e. The standard InChI is InChI=1S/C25H43F2N3O8S/c1-4-5-6-20(16-7-10-25(26,27)11-8-16)38-24(34)30-18(13-15(2)3)22(32)29-19(23(33)39(35,36)37)14-17-9-12-28-21(17)31/h15-20,23,33H,4-14H2,1-3H3,(H,28,31)(H,29,32)(H,30,34)(H,35,36,37)/t17-,18?,19?,20?,23?/m0/s1. The molecule has 1 saturated heterocycles. The molecular weight excluding hydrogens is 540 g/mol. The number of ether oxygens (including phenoxy) is 1. The number of alkyl halides is 2. The van der Waals surface area contributed by atoms with E-state index in [-0.39, 0.29) is 56.3 Å². The van der Waals surface area contributed by atoms with Crippen molar-refractivity contribution in [1.29, 1.82) is 0 Å². The highest BCUT2D eigenvalue weighted by molar-refractivity contribution is 7.86. The number of unbranched alkanes of at least 4 members (excludes halogenated alkanes) is 1. The van der Waals surface area contributed by atoms with Crippen molar-refractivity contribution >= 4 is 28.0 Å². The Hall–Kier alpha value is -2.06. The van der Waals surface area contributed by atoms with Crippen molar-refractivity contribution in [3.05, 3.63) is 0 Å². The number of alkyl carbamates (subject to hydrolysis) is 1. The summed E-state index contributed by atoms with van der Waals surface area (Å²) in [6, 6.07) is -2.71. The van der Waals surface area contributed by atoms with Gasteiger partial charge in [-0.15, -0.1) is 0 Å². The summed E-state index contributed by atoms with van der Waals surface area (Å²) in [7, 11) is -4.98. The minimum absolute atomic E-state index is 0.0944. The fraction of sp³-hybridized carbons (Fsp3) is 0.880. The minimum Gasteiger partial charge on any atom is -0.446 e. The maximum atomic E-state index is 13.7. The van der Waals surface area contributed by atoms with Gasteiger partial charge in [0.15, 0.2) is 0 Å². The van der Waals surface area contributed by atoms with Gasteiger partial charge in [-0.05, 0) is 50.4 Å². The molecule has 4 unspecified atom stereocenters. The van der Waals surface area contributed by atoms with Gasteiger partial charge in [-0.2, -0.15) is 8.42 Å². The second kappa shape index (κ2) is 14.5. The topological polar surface area (TPSA) is 171 Å². The van der Waals surface area contributed by atoms with Crippen LogP contribution in [0.4, 0.5) is 13.6 Å². The molecule has 2 rings (SSSR count). The fourth-order valence-electron chi connectivity index (χ4n) is 5.16. The van der Waals surface area contributed by atoms with Crippen molar-refractivity contribution < 1.29 is 46.0 Å². The zero-order valence-corrected chi connectivity index (χ0v) is 23.6. The van der Waals surface area contributed by atoms with Gasteiger partial charge < -0.3 is 25.8 Å². The Bertz CT molecular complexity index is 940. The van der Waals surface area contributed by atoms with Crippen LogP contribution in [0.15, 0.2) is 0 Å². The summed E-state index contributed by atoms with van der Waals surface area (Å²) in [5.74, 6) is -4.92. The SMILES string of the molecule is CCCCC(OC(=O)NC(CC(C)C)C(=O)NC(C[C@@H]1CCNC1=O)C(O)S(=O)(=O)O)C1CCC(F)(F)CC1. The molecule has 0 bridgehead atoms. The number of halogens is 2. The number of carbonyl (C=O) groups is 3. The van der Waals surface area contributed by atoms with E-state index in [0.29, 0.717) is 19.4 Å². The largest absolute Gasteiger partial charge is 0.446 e. The van der Waals surface area contributed by atoms with Gasteiger partial charge in [-0.1, -0.05) is 33.6 Å². The lowest BCUT2D eigenvalue weighted by atomic mass is 9.81. The van der Waals surface area contributed by atoms with E-state index in [4.69, 9.17) is 4.74 Å². The Morgan fingerprint density at radius 3 is 2.33 bits per heavy atom. The molecule has 2 aliphatic rings. The lowest BCUT2D eigenvalue weighted by molar-refractivity contribution is -0.126. The molecule has 5 N–H and O–H groups in total. The summed E-state index contributed by atoms with van der Waals surface area (Å²) in [6.07, 6.45) is 0.656. The zero-order chi connectivity index (χ0) is 29.4. The summed E-state index contributed by atoms with van der Waals surface area (Å²) in [6.45, 7) is 5.91. The minimum atomic E-state index is -4.98. The molecule has 0 aromatic rings. The Kier molecular flexibility index (Phi) is 12.4. The number of aliphatic hydroxyl groups is 1. The second-order valence-corrected chi connectivity index (χ2v) is 12.7. The Morgan fingerprint density at radius 2 is 1.82 bits per heavy atom. The van der Waals surface area contributed by atoms with Gasteiger partial charge in [-0.25, -0.2) is 13.6 Å². The molecular formula is C25H43F2N3O8S. The van der Waals surface area contributed by atoms with E-state index < -0.39 is 57.6 Å². The molecule has 39 heavy (non-hydrogen) atoms. The van der Waals surface area contributed by atoms with Crippen LogP contribution in [0.1, 0.15) is 85.0 Å². The van der Waals surface area contributed by atoms with Gasteiger partial charge in [-0.3, -0.25) is 14.1 Å². The van der Waals surface area contributed by atoms with Gasteiger partial charge in [0.25, 0.3) is 10.1 Å². The number of aliphatic hydroxyl groups excluding tert-OH is 1. The van der Waals surface area contributed by atoms with E-state index in [0.717, 1.165) is 12.8 Å². The van der Waals surface area contributed by atoms with E-state index in [1.165, 1.54) is 0 Å². The number of hydrogen-bond acceptors (Lipinski definition) is 7. The highest BCUT2D eigenvalue weighted by Crippen LogP contribution is 2.39. The predicted molar refractivity (Wildman–Crippen MR) is 138 cm³/mol. The molecule has 1 saturated carbocycles. The van der Waals surface area contributed by atoms with Crippen LogP contribution < -0.4 is 16.0 Å². The number of carbonyl (C=O) groups excluding carboxylic acids is 3. The first-order valence-corrected chi connectivity index (χ1v) is 15.2. The van der Waals surface area contributed by atoms with E-state index >= 15 is 0 Å². The molecule has 0 aromatic carbocycles. The molecule has 2 fully saturated rings. The first-order chi connectivity index (χ1) is 18.1. The van der Waals surface area contributed by atoms with Crippen LogP contribution in [-0.2, 0) is 24.4 Å². The summed E-state index contributed by atoms with van der Waals surface area (Å²) in [5.41, 5.74) is -2.38. The third-order valence-corrected chi connectivity index (χ3v) is 8.32.